The maximum Gasteiger partial charge on any atom is 0.416 e. The quantitative estimate of drug-likeness (QED) is 0.853. The molecule has 2 rings (SSSR count). The fourth-order valence-electron chi connectivity index (χ4n) is 1.93. The first-order valence-corrected chi connectivity index (χ1v) is 6.28. The lowest BCUT2D eigenvalue weighted by Gasteiger charge is -2.23. The van der Waals surface area contributed by atoms with Crippen LogP contribution in [0.1, 0.15) is 34.6 Å². The van der Waals surface area contributed by atoms with Crippen LogP contribution in [0.2, 0.25) is 0 Å². The highest BCUT2D eigenvalue weighted by Gasteiger charge is 2.31. The summed E-state index contributed by atoms with van der Waals surface area (Å²) in [4.78, 5) is 13.6. The lowest BCUT2D eigenvalue weighted by Crippen LogP contribution is -2.29. The van der Waals surface area contributed by atoms with Gasteiger partial charge in [0.05, 0.1) is 17.9 Å². The Labute approximate surface area is 120 Å². The highest BCUT2D eigenvalue weighted by molar-refractivity contribution is 5.94. The van der Waals surface area contributed by atoms with Crippen molar-refractivity contribution in [1.82, 2.24) is 4.90 Å². The van der Waals surface area contributed by atoms with Gasteiger partial charge in [-0.2, -0.15) is 13.2 Å². The molecule has 1 unspecified atom stereocenters. The summed E-state index contributed by atoms with van der Waals surface area (Å²) in [6.07, 6.45) is -2.99. The summed E-state index contributed by atoms with van der Waals surface area (Å²) < 4.78 is 43.2. The first-order chi connectivity index (χ1) is 9.80. The standard InChI is InChI=1S/C15H14F3NO2/c1-10(13-7-4-8-21-13)19(2)14(20)11-5-3-6-12(9-11)15(16,17)18/h3-10H,1-2H3. The van der Waals surface area contributed by atoms with Crippen molar-refractivity contribution in [1.29, 1.82) is 0 Å². The van der Waals surface area contributed by atoms with Gasteiger partial charge in [-0.3, -0.25) is 4.79 Å². The predicted octanol–water partition coefficient (Wildman–Crippen LogP) is 4.13. The van der Waals surface area contributed by atoms with Crippen LogP contribution in [0.3, 0.4) is 0 Å². The number of amides is 1. The number of nitrogens with zero attached hydrogens (tertiary/aromatic N) is 1. The fourth-order valence-corrected chi connectivity index (χ4v) is 1.93. The highest BCUT2D eigenvalue weighted by Crippen LogP contribution is 2.30. The largest absolute Gasteiger partial charge is 0.467 e. The smallest absolute Gasteiger partial charge is 0.416 e. The van der Waals surface area contributed by atoms with Gasteiger partial charge in [-0.25, -0.2) is 0 Å². The lowest BCUT2D eigenvalue weighted by molar-refractivity contribution is -0.137. The average molecular weight is 297 g/mol. The minimum Gasteiger partial charge on any atom is -0.467 e. The molecule has 0 aliphatic rings. The van der Waals surface area contributed by atoms with Gasteiger partial charge >= 0.3 is 6.18 Å². The Morgan fingerprint density at radius 1 is 1.24 bits per heavy atom. The van der Waals surface area contributed by atoms with Crippen LogP contribution >= 0.6 is 0 Å². The van der Waals surface area contributed by atoms with Crippen molar-refractivity contribution in [2.45, 2.75) is 19.1 Å². The van der Waals surface area contributed by atoms with Crippen LogP contribution in [-0.4, -0.2) is 17.9 Å². The third-order valence-corrected chi connectivity index (χ3v) is 3.29. The number of hydrogen-bond donors (Lipinski definition) is 0. The number of carbonyl (C=O) groups is 1. The average Bonchev–Trinajstić information content (AvgIpc) is 2.98. The van der Waals surface area contributed by atoms with E-state index in [1.54, 1.807) is 19.1 Å². The molecule has 1 amide bonds. The first kappa shape index (κ1) is 15.2. The van der Waals surface area contributed by atoms with E-state index in [-0.39, 0.29) is 11.6 Å². The zero-order chi connectivity index (χ0) is 15.6. The van der Waals surface area contributed by atoms with E-state index in [0.717, 1.165) is 12.1 Å². The van der Waals surface area contributed by atoms with Gasteiger partial charge in [0, 0.05) is 12.6 Å². The van der Waals surface area contributed by atoms with Crippen molar-refractivity contribution in [3.05, 3.63) is 59.5 Å². The molecule has 1 heterocycles. The Hall–Kier alpha value is -2.24. The van der Waals surface area contributed by atoms with Gasteiger partial charge in [-0.1, -0.05) is 6.07 Å². The number of hydrogen-bond acceptors (Lipinski definition) is 2. The van der Waals surface area contributed by atoms with Crippen molar-refractivity contribution < 1.29 is 22.4 Å². The summed E-state index contributed by atoms with van der Waals surface area (Å²) in [6.45, 7) is 1.74. The summed E-state index contributed by atoms with van der Waals surface area (Å²) in [5.74, 6) is 0.0721. The minimum atomic E-state index is -4.47. The van der Waals surface area contributed by atoms with Crippen LogP contribution < -0.4 is 0 Å². The molecule has 0 spiro atoms. The zero-order valence-corrected chi connectivity index (χ0v) is 11.5. The van der Waals surface area contributed by atoms with Gasteiger partial charge in [0.15, 0.2) is 0 Å². The molecule has 112 valence electrons. The summed E-state index contributed by atoms with van der Waals surface area (Å²) in [5.41, 5.74) is -0.849. The summed E-state index contributed by atoms with van der Waals surface area (Å²) in [7, 11) is 1.52. The molecule has 2 aromatic rings. The van der Waals surface area contributed by atoms with Gasteiger partial charge in [0.25, 0.3) is 5.91 Å². The Kier molecular flexibility index (Phi) is 4.06. The summed E-state index contributed by atoms with van der Waals surface area (Å²) in [5, 5.41) is 0. The molecule has 6 heteroatoms. The van der Waals surface area contributed by atoms with Crippen LogP contribution in [0.25, 0.3) is 0 Å². The maximum atomic E-state index is 12.7. The molecule has 0 aliphatic carbocycles. The molecule has 0 saturated heterocycles. The Bertz CT molecular complexity index is 620. The lowest BCUT2D eigenvalue weighted by atomic mass is 10.1. The van der Waals surface area contributed by atoms with Crippen LogP contribution in [0.4, 0.5) is 13.2 Å². The molecule has 1 atom stereocenters. The van der Waals surface area contributed by atoms with E-state index in [1.807, 2.05) is 0 Å². The number of alkyl halides is 3. The summed E-state index contributed by atoms with van der Waals surface area (Å²) >= 11 is 0. The van der Waals surface area contributed by atoms with Crippen molar-refractivity contribution in [3.63, 3.8) is 0 Å². The van der Waals surface area contributed by atoms with Gasteiger partial charge in [0.2, 0.25) is 0 Å². The van der Waals surface area contributed by atoms with E-state index in [2.05, 4.69) is 0 Å². The topological polar surface area (TPSA) is 33.5 Å². The van der Waals surface area contributed by atoms with Gasteiger partial charge in [0.1, 0.15) is 5.76 Å². The molecule has 3 nitrogen and oxygen atoms in total. The third-order valence-electron chi connectivity index (χ3n) is 3.29. The van der Waals surface area contributed by atoms with E-state index in [9.17, 15) is 18.0 Å². The van der Waals surface area contributed by atoms with Crippen LogP contribution in [0.5, 0.6) is 0 Å². The molecule has 0 N–H and O–H groups in total. The van der Waals surface area contributed by atoms with E-state index in [1.165, 1.54) is 30.3 Å². The molecule has 0 radical (unpaired) electrons. The van der Waals surface area contributed by atoms with Crippen molar-refractivity contribution in [2.75, 3.05) is 7.05 Å². The van der Waals surface area contributed by atoms with Gasteiger partial charge < -0.3 is 9.32 Å². The second-order valence-corrected chi connectivity index (χ2v) is 4.69. The number of carbonyl (C=O) groups excluding carboxylic acids is 1. The SMILES string of the molecule is CC(c1ccco1)N(C)C(=O)c1cccc(C(F)(F)F)c1. The minimum absolute atomic E-state index is 0.00858. The number of furan rings is 1. The van der Waals surface area contributed by atoms with Gasteiger partial charge in [-0.05, 0) is 37.3 Å². The van der Waals surface area contributed by atoms with Crippen LogP contribution in [-0.2, 0) is 6.18 Å². The van der Waals surface area contributed by atoms with E-state index in [4.69, 9.17) is 4.42 Å². The predicted molar refractivity (Wildman–Crippen MR) is 70.7 cm³/mol. The van der Waals surface area contributed by atoms with Crippen molar-refractivity contribution in [3.8, 4) is 0 Å². The normalized spacial score (nSPS) is 13.0. The van der Waals surface area contributed by atoms with E-state index >= 15 is 0 Å². The third kappa shape index (κ3) is 3.26. The molecule has 1 aromatic carbocycles. The molecular weight excluding hydrogens is 283 g/mol. The maximum absolute atomic E-state index is 12.7. The molecular formula is C15H14F3NO2. The molecule has 0 fully saturated rings. The Morgan fingerprint density at radius 3 is 2.52 bits per heavy atom. The van der Waals surface area contributed by atoms with E-state index < -0.39 is 17.6 Å². The fraction of sp³-hybridized carbons (Fsp3) is 0.267. The second-order valence-electron chi connectivity index (χ2n) is 4.69. The summed E-state index contributed by atoms with van der Waals surface area (Å²) in [6, 6.07) is 7.40. The van der Waals surface area contributed by atoms with Crippen LogP contribution in [0.15, 0.2) is 47.1 Å². The molecule has 21 heavy (non-hydrogen) atoms. The molecule has 0 bridgehead atoms. The molecule has 1 aromatic heterocycles. The number of halogens is 3. The van der Waals surface area contributed by atoms with E-state index in [0.29, 0.717) is 5.76 Å². The first-order valence-electron chi connectivity index (χ1n) is 6.28. The monoisotopic (exact) mass is 297 g/mol. The zero-order valence-electron chi connectivity index (χ0n) is 11.5. The molecule has 0 saturated carbocycles. The van der Waals surface area contributed by atoms with Crippen molar-refractivity contribution >= 4 is 5.91 Å². The molecule has 0 aliphatic heterocycles. The Balaban J connectivity index is 2.24. The number of rotatable bonds is 3. The van der Waals surface area contributed by atoms with Crippen LogP contribution in [0, 0.1) is 0 Å². The number of benzene rings is 1. The second kappa shape index (κ2) is 5.63. The van der Waals surface area contributed by atoms with Gasteiger partial charge in [-0.15, -0.1) is 0 Å². The highest BCUT2D eigenvalue weighted by atomic mass is 19.4. The van der Waals surface area contributed by atoms with Crippen molar-refractivity contribution in [2.24, 2.45) is 0 Å². The Morgan fingerprint density at radius 2 is 1.95 bits per heavy atom.